The molecular weight excluding hydrogens is 447 g/mol. The second kappa shape index (κ2) is 8.38. The number of Topliss-reactive ketones (excluding diaryl/α,β-unsaturated/α-hetero) is 1. The molecule has 9 heteroatoms. The molecule has 0 saturated heterocycles. The van der Waals surface area contributed by atoms with Crippen molar-refractivity contribution in [1.29, 1.82) is 0 Å². The fraction of sp³-hybridized carbons (Fsp3) is 0.360. The molecule has 0 saturated carbocycles. The van der Waals surface area contributed by atoms with Gasteiger partial charge in [-0.1, -0.05) is 44.2 Å². The third-order valence-electron chi connectivity index (χ3n) is 6.25. The summed E-state index contributed by atoms with van der Waals surface area (Å²) in [5.41, 5.74) is -3.95. The van der Waals surface area contributed by atoms with Gasteiger partial charge in [-0.3, -0.25) is 19.4 Å². The molecule has 1 aromatic carbocycles. The predicted molar refractivity (Wildman–Crippen MR) is 117 cm³/mol. The summed E-state index contributed by atoms with van der Waals surface area (Å²) in [4.78, 5) is 44.4. The average molecular weight is 471 g/mol. The molecule has 2 aliphatic rings. The maximum atomic E-state index is 14.8. The predicted octanol–water partition coefficient (Wildman–Crippen LogP) is 3.84. The molecule has 1 aliphatic heterocycles. The SMILES string of the molecule is CC1(C)CC(=O)C2=C(C1)N(CCc1ccccc1)C(=O)[C@@]2(NC(=O)c1ccncc1)C(F)(F)F. The van der Waals surface area contributed by atoms with Crippen molar-refractivity contribution in [2.75, 3.05) is 6.54 Å². The van der Waals surface area contributed by atoms with Gasteiger partial charge in [0.25, 0.3) is 11.8 Å². The minimum absolute atomic E-state index is 0.0366. The maximum absolute atomic E-state index is 14.8. The van der Waals surface area contributed by atoms with Gasteiger partial charge < -0.3 is 10.2 Å². The van der Waals surface area contributed by atoms with Gasteiger partial charge in [0, 0.05) is 36.6 Å². The van der Waals surface area contributed by atoms with E-state index in [1.54, 1.807) is 26.0 Å². The Bertz CT molecular complexity index is 1160. The minimum Gasteiger partial charge on any atom is -0.326 e. The molecule has 6 nitrogen and oxygen atoms in total. The van der Waals surface area contributed by atoms with Crippen LogP contribution in [0.1, 0.15) is 42.6 Å². The summed E-state index contributed by atoms with van der Waals surface area (Å²) < 4.78 is 44.3. The molecular formula is C25H24F3N3O3. The zero-order valence-electron chi connectivity index (χ0n) is 18.8. The molecule has 1 atom stereocenters. The summed E-state index contributed by atoms with van der Waals surface area (Å²) >= 11 is 0. The summed E-state index contributed by atoms with van der Waals surface area (Å²) in [5.74, 6) is -3.24. The zero-order chi connectivity index (χ0) is 24.7. The lowest BCUT2D eigenvalue weighted by atomic mass is 9.72. The number of alkyl halides is 3. The third-order valence-corrected chi connectivity index (χ3v) is 6.25. The number of nitrogens with one attached hydrogen (secondary N) is 1. The number of pyridine rings is 1. The number of nitrogens with zero attached hydrogens (tertiary/aromatic N) is 2. The van der Waals surface area contributed by atoms with Gasteiger partial charge in [0.05, 0.1) is 5.57 Å². The van der Waals surface area contributed by atoms with Crippen LogP contribution in [0.3, 0.4) is 0 Å². The van der Waals surface area contributed by atoms with Crippen LogP contribution in [-0.2, 0) is 16.0 Å². The molecule has 34 heavy (non-hydrogen) atoms. The van der Waals surface area contributed by atoms with E-state index in [0.717, 1.165) is 10.5 Å². The van der Waals surface area contributed by atoms with E-state index in [1.165, 1.54) is 24.5 Å². The van der Waals surface area contributed by atoms with Crippen LogP contribution >= 0.6 is 0 Å². The van der Waals surface area contributed by atoms with E-state index in [2.05, 4.69) is 4.98 Å². The highest BCUT2D eigenvalue weighted by Crippen LogP contribution is 2.51. The van der Waals surface area contributed by atoms with Crippen LogP contribution in [0.15, 0.2) is 66.1 Å². The van der Waals surface area contributed by atoms with Crippen molar-refractivity contribution in [3.63, 3.8) is 0 Å². The van der Waals surface area contributed by atoms with Gasteiger partial charge in [-0.15, -0.1) is 0 Å². The van der Waals surface area contributed by atoms with E-state index in [9.17, 15) is 27.6 Å². The van der Waals surface area contributed by atoms with Crippen LogP contribution in [-0.4, -0.2) is 45.7 Å². The highest BCUT2D eigenvalue weighted by Gasteiger charge is 2.71. The number of benzene rings is 1. The van der Waals surface area contributed by atoms with E-state index < -0.39 is 40.3 Å². The average Bonchev–Trinajstić information content (AvgIpc) is 3.00. The first kappa shape index (κ1) is 23.7. The Morgan fingerprint density at radius 2 is 1.71 bits per heavy atom. The van der Waals surface area contributed by atoms with E-state index in [0.29, 0.717) is 6.42 Å². The Morgan fingerprint density at radius 3 is 2.32 bits per heavy atom. The van der Waals surface area contributed by atoms with Gasteiger partial charge in [0.2, 0.25) is 5.54 Å². The van der Waals surface area contributed by atoms with Crippen LogP contribution in [0.2, 0.25) is 0 Å². The number of hydrogen-bond donors (Lipinski definition) is 1. The first-order valence-electron chi connectivity index (χ1n) is 10.9. The number of ketones is 1. The Kier molecular flexibility index (Phi) is 5.83. The van der Waals surface area contributed by atoms with Crippen molar-refractivity contribution in [3.05, 3.63) is 77.3 Å². The molecule has 0 unspecified atom stereocenters. The molecule has 1 aliphatic carbocycles. The van der Waals surface area contributed by atoms with Gasteiger partial charge in [0.15, 0.2) is 5.78 Å². The van der Waals surface area contributed by atoms with Crippen molar-refractivity contribution in [2.24, 2.45) is 5.41 Å². The van der Waals surface area contributed by atoms with Gasteiger partial charge in [-0.2, -0.15) is 13.2 Å². The number of aromatic nitrogens is 1. The van der Waals surface area contributed by atoms with E-state index in [4.69, 9.17) is 0 Å². The van der Waals surface area contributed by atoms with Crippen LogP contribution in [0.4, 0.5) is 13.2 Å². The molecule has 2 heterocycles. The lowest BCUT2D eigenvalue weighted by molar-refractivity contribution is -0.190. The molecule has 1 N–H and O–H groups in total. The fourth-order valence-corrected chi connectivity index (χ4v) is 4.69. The monoisotopic (exact) mass is 471 g/mol. The molecule has 0 radical (unpaired) electrons. The molecule has 2 aromatic rings. The molecule has 2 amide bonds. The molecule has 0 fully saturated rings. The zero-order valence-corrected chi connectivity index (χ0v) is 18.8. The summed E-state index contributed by atoms with van der Waals surface area (Å²) in [6, 6.07) is 11.5. The lowest BCUT2D eigenvalue weighted by Gasteiger charge is -2.35. The summed E-state index contributed by atoms with van der Waals surface area (Å²) in [5, 5.41) is 1.92. The van der Waals surface area contributed by atoms with Crippen LogP contribution in [0.5, 0.6) is 0 Å². The number of halogens is 3. The molecule has 4 rings (SSSR count). The molecule has 0 bridgehead atoms. The van der Waals surface area contributed by atoms with Gasteiger partial charge >= 0.3 is 6.18 Å². The lowest BCUT2D eigenvalue weighted by Crippen LogP contribution is -2.66. The summed E-state index contributed by atoms with van der Waals surface area (Å²) in [6.45, 7) is 3.50. The van der Waals surface area contributed by atoms with Crippen molar-refractivity contribution in [3.8, 4) is 0 Å². The van der Waals surface area contributed by atoms with E-state index in [1.807, 2.05) is 23.5 Å². The maximum Gasteiger partial charge on any atom is 0.425 e. The number of rotatable bonds is 5. The van der Waals surface area contributed by atoms with Crippen molar-refractivity contribution in [2.45, 2.75) is 44.8 Å². The first-order chi connectivity index (χ1) is 16.0. The fourth-order valence-electron chi connectivity index (χ4n) is 4.69. The number of amides is 2. The highest BCUT2D eigenvalue weighted by molar-refractivity contribution is 6.14. The summed E-state index contributed by atoms with van der Waals surface area (Å²) in [7, 11) is 0. The highest BCUT2D eigenvalue weighted by atomic mass is 19.4. The molecule has 178 valence electrons. The molecule has 0 spiro atoms. The largest absolute Gasteiger partial charge is 0.425 e. The van der Waals surface area contributed by atoms with Gasteiger partial charge in [-0.25, -0.2) is 0 Å². The quantitative estimate of drug-likeness (QED) is 0.719. The normalized spacial score (nSPS) is 22.1. The second-order valence-corrected chi connectivity index (χ2v) is 9.39. The summed E-state index contributed by atoms with van der Waals surface area (Å²) in [6.07, 6.45) is -2.46. The van der Waals surface area contributed by atoms with Crippen LogP contribution < -0.4 is 5.32 Å². The second-order valence-electron chi connectivity index (χ2n) is 9.39. The number of carbonyl (C=O) groups is 3. The number of carbonyl (C=O) groups excluding carboxylic acids is 3. The third kappa shape index (κ3) is 3.99. The number of hydrogen-bond acceptors (Lipinski definition) is 4. The van der Waals surface area contributed by atoms with Gasteiger partial charge in [0.1, 0.15) is 0 Å². The van der Waals surface area contributed by atoms with Crippen molar-refractivity contribution in [1.82, 2.24) is 15.2 Å². The van der Waals surface area contributed by atoms with Crippen LogP contribution in [0, 0.1) is 5.41 Å². The van der Waals surface area contributed by atoms with Crippen molar-refractivity contribution >= 4 is 17.6 Å². The van der Waals surface area contributed by atoms with E-state index in [-0.39, 0.29) is 30.6 Å². The Labute approximate surface area is 194 Å². The topological polar surface area (TPSA) is 79.4 Å². The Morgan fingerprint density at radius 1 is 1.06 bits per heavy atom. The first-order valence-corrected chi connectivity index (χ1v) is 10.9. The van der Waals surface area contributed by atoms with Crippen LogP contribution in [0.25, 0.3) is 0 Å². The van der Waals surface area contributed by atoms with Crippen molar-refractivity contribution < 1.29 is 27.6 Å². The number of allylic oxidation sites excluding steroid dienone is 1. The minimum atomic E-state index is -5.23. The Balaban J connectivity index is 1.81. The molecule has 1 aromatic heterocycles. The standard InChI is InChI=1S/C25H24F3N3O3/c1-23(2)14-18-20(19(32)15-23)24(25(26,27)28,30-21(33)17-8-11-29-12-9-17)22(34)31(18)13-10-16-6-4-3-5-7-16/h3-9,11-12H,10,13-15H2,1-2H3,(H,30,33)/t24-/m1/s1. The smallest absolute Gasteiger partial charge is 0.326 e. The van der Waals surface area contributed by atoms with Gasteiger partial charge in [-0.05, 0) is 36.0 Å². The Hall–Kier alpha value is -3.49. The van der Waals surface area contributed by atoms with E-state index >= 15 is 0 Å².